The van der Waals surface area contributed by atoms with Gasteiger partial charge in [-0.05, 0) is 20.8 Å². The maximum Gasteiger partial charge on any atom is 0.381 e. The van der Waals surface area contributed by atoms with Crippen LogP contribution in [-0.4, -0.2) is 35.6 Å². The molecule has 0 bridgehead atoms. The summed E-state index contributed by atoms with van der Waals surface area (Å²) in [5, 5.41) is 7.43. The highest BCUT2D eigenvalue weighted by atomic mass is 16.7. The molecule has 0 fully saturated rings. The first-order valence-corrected chi connectivity index (χ1v) is 6.79. The van der Waals surface area contributed by atoms with Crippen molar-refractivity contribution >= 4 is 23.4 Å². The topological polar surface area (TPSA) is 86.6 Å². The number of oxime groups is 2. The van der Waals surface area contributed by atoms with Crippen molar-refractivity contribution in [3.8, 4) is 0 Å². The maximum absolute atomic E-state index is 12.0. The largest absolute Gasteiger partial charge is 0.461 e. The van der Waals surface area contributed by atoms with Crippen molar-refractivity contribution < 1.29 is 24.0 Å². The van der Waals surface area contributed by atoms with Crippen LogP contribution in [0.4, 0.5) is 0 Å². The number of carbonyl (C=O) groups excluding carboxylic acids is 2. The van der Waals surface area contributed by atoms with Crippen LogP contribution in [0.1, 0.15) is 48.0 Å². The third-order valence-electron chi connectivity index (χ3n) is 3.00. The van der Waals surface area contributed by atoms with Gasteiger partial charge in [0, 0.05) is 11.8 Å². The second-order valence-electron chi connectivity index (χ2n) is 6.06. The molecule has 1 rings (SSSR count). The Morgan fingerprint density at radius 2 is 2.05 bits per heavy atom. The molecule has 7 nitrogen and oxygen atoms in total. The van der Waals surface area contributed by atoms with Gasteiger partial charge in [0.15, 0.2) is 5.71 Å². The Morgan fingerprint density at radius 1 is 1.43 bits per heavy atom. The van der Waals surface area contributed by atoms with Gasteiger partial charge in [0.05, 0.1) is 12.3 Å². The standard InChI is InChI=1S/C14H22N2O5/c1-7-19-11(17)9(2)15-20-12(18)14(6)8-10(16-21-14)13(3,4)5/h7-8H2,1-6H3/b15-9+. The van der Waals surface area contributed by atoms with Crippen molar-refractivity contribution in [1.82, 2.24) is 0 Å². The molecule has 1 unspecified atom stereocenters. The van der Waals surface area contributed by atoms with Gasteiger partial charge in [0.2, 0.25) is 5.60 Å². The van der Waals surface area contributed by atoms with Crippen LogP contribution in [-0.2, 0) is 24.0 Å². The Hall–Kier alpha value is -1.92. The van der Waals surface area contributed by atoms with Gasteiger partial charge in [-0.3, -0.25) is 0 Å². The smallest absolute Gasteiger partial charge is 0.381 e. The average Bonchev–Trinajstić information content (AvgIpc) is 2.79. The van der Waals surface area contributed by atoms with E-state index in [1.54, 1.807) is 13.8 Å². The fraction of sp³-hybridized carbons (Fsp3) is 0.714. The molecule has 1 aliphatic heterocycles. The van der Waals surface area contributed by atoms with Gasteiger partial charge in [-0.15, -0.1) is 0 Å². The lowest BCUT2D eigenvalue weighted by Gasteiger charge is -2.20. The molecule has 0 aromatic rings. The van der Waals surface area contributed by atoms with Gasteiger partial charge < -0.3 is 14.4 Å². The number of hydrogen-bond donors (Lipinski definition) is 0. The molecule has 0 N–H and O–H groups in total. The van der Waals surface area contributed by atoms with Crippen LogP contribution in [0.5, 0.6) is 0 Å². The Labute approximate surface area is 124 Å². The van der Waals surface area contributed by atoms with Crippen LogP contribution in [0.3, 0.4) is 0 Å². The minimum Gasteiger partial charge on any atom is -0.461 e. The van der Waals surface area contributed by atoms with E-state index >= 15 is 0 Å². The predicted molar refractivity (Wildman–Crippen MR) is 76.8 cm³/mol. The number of hydrogen-bond acceptors (Lipinski definition) is 7. The third-order valence-corrected chi connectivity index (χ3v) is 3.00. The third kappa shape index (κ3) is 4.27. The van der Waals surface area contributed by atoms with E-state index in [-0.39, 0.29) is 17.7 Å². The summed E-state index contributed by atoms with van der Waals surface area (Å²) >= 11 is 0. The second kappa shape index (κ2) is 6.24. The van der Waals surface area contributed by atoms with Crippen LogP contribution in [0.15, 0.2) is 10.3 Å². The Balaban J connectivity index is 2.66. The molecule has 7 heteroatoms. The van der Waals surface area contributed by atoms with Crippen molar-refractivity contribution in [2.75, 3.05) is 6.61 Å². The van der Waals surface area contributed by atoms with Crippen molar-refractivity contribution in [3.63, 3.8) is 0 Å². The van der Waals surface area contributed by atoms with Crippen LogP contribution in [0.25, 0.3) is 0 Å². The van der Waals surface area contributed by atoms with Gasteiger partial charge >= 0.3 is 11.9 Å². The first-order valence-electron chi connectivity index (χ1n) is 6.79. The lowest BCUT2D eigenvalue weighted by molar-refractivity contribution is -0.167. The summed E-state index contributed by atoms with van der Waals surface area (Å²) in [5.41, 5.74) is -0.680. The normalized spacial score (nSPS) is 22.4. The Kier molecular flexibility index (Phi) is 5.09. The molecule has 118 valence electrons. The summed E-state index contributed by atoms with van der Waals surface area (Å²) in [6.45, 7) is 10.8. The molecule has 0 aromatic carbocycles. The van der Waals surface area contributed by atoms with Crippen molar-refractivity contribution in [3.05, 3.63) is 0 Å². The van der Waals surface area contributed by atoms with E-state index in [0.29, 0.717) is 6.42 Å². The minimum atomic E-state index is -1.22. The lowest BCUT2D eigenvalue weighted by atomic mass is 9.84. The van der Waals surface area contributed by atoms with E-state index in [2.05, 4.69) is 10.3 Å². The van der Waals surface area contributed by atoms with Crippen LogP contribution < -0.4 is 0 Å². The fourth-order valence-corrected chi connectivity index (χ4v) is 1.53. The molecule has 0 radical (unpaired) electrons. The zero-order valence-electron chi connectivity index (χ0n) is 13.3. The summed E-state index contributed by atoms with van der Waals surface area (Å²) in [6, 6.07) is 0. The molecular weight excluding hydrogens is 276 g/mol. The van der Waals surface area contributed by atoms with Crippen molar-refractivity contribution in [1.29, 1.82) is 0 Å². The van der Waals surface area contributed by atoms with Gasteiger partial charge in [-0.1, -0.05) is 31.1 Å². The average molecular weight is 298 g/mol. The number of nitrogens with zero attached hydrogens (tertiary/aromatic N) is 2. The minimum absolute atomic E-state index is 0.0382. The predicted octanol–water partition coefficient (Wildman–Crippen LogP) is 2.05. The monoisotopic (exact) mass is 298 g/mol. The zero-order chi connectivity index (χ0) is 16.3. The molecule has 0 saturated heterocycles. The van der Waals surface area contributed by atoms with E-state index in [1.807, 2.05) is 20.8 Å². The summed E-state index contributed by atoms with van der Waals surface area (Å²) in [7, 11) is 0. The summed E-state index contributed by atoms with van der Waals surface area (Å²) in [5.74, 6) is -1.33. The Morgan fingerprint density at radius 3 is 2.52 bits per heavy atom. The highest BCUT2D eigenvalue weighted by molar-refractivity contribution is 6.35. The summed E-state index contributed by atoms with van der Waals surface area (Å²) in [4.78, 5) is 33.4. The van der Waals surface area contributed by atoms with Gasteiger partial charge in [-0.25, -0.2) is 9.59 Å². The number of esters is 1. The van der Waals surface area contributed by atoms with Gasteiger partial charge in [-0.2, -0.15) is 0 Å². The Bertz CT molecular complexity index is 490. The molecule has 0 aliphatic carbocycles. The molecule has 0 spiro atoms. The number of carbonyl (C=O) groups is 2. The van der Waals surface area contributed by atoms with E-state index in [0.717, 1.165) is 5.71 Å². The van der Waals surface area contributed by atoms with E-state index in [9.17, 15) is 9.59 Å². The lowest BCUT2D eigenvalue weighted by Crippen LogP contribution is -2.38. The van der Waals surface area contributed by atoms with Crippen LogP contribution >= 0.6 is 0 Å². The molecule has 1 aliphatic rings. The first-order chi connectivity index (χ1) is 9.60. The zero-order valence-corrected chi connectivity index (χ0v) is 13.3. The van der Waals surface area contributed by atoms with E-state index in [4.69, 9.17) is 14.4 Å². The van der Waals surface area contributed by atoms with E-state index < -0.39 is 17.5 Å². The highest BCUT2D eigenvalue weighted by Gasteiger charge is 2.46. The molecule has 1 atom stereocenters. The summed E-state index contributed by atoms with van der Waals surface area (Å²) in [6.07, 6.45) is 0.323. The van der Waals surface area contributed by atoms with Crippen molar-refractivity contribution in [2.24, 2.45) is 15.7 Å². The van der Waals surface area contributed by atoms with Crippen molar-refractivity contribution in [2.45, 2.75) is 53.6 Å². The SMILES string of the molecule is CCOC(=O)/C(C)=N/OC(=O)C1(C)CC(C(C)(C)C)=NO1. The number of rotatable bonds is 4. The van der Waals surface area contributed by atoms with Gasteiger partial charge in [0.25, 0.3) is 0 Å². The van der Waals surface area contributed by atoms with E-state index in [1.165, 1.54) is 6.92 Å². The maximum atomic E-state index is 12.0. The first kappa shape index (κ1) is 17.1. The molecule has 1 heterocycles. The molecule has 21 heavy (non-hydrogen) atoms. The second-order valence-corrected chi connectivity index (χ2v) is 6.06. The van der Waals surface area contributed by atoms with Crippen LogP contribution in [0.2, 0.25) is 0 Å². The molecule has 0 aromatic heterocycles. The fourth-order valence-electron chi connectivity index (χ4n) is 1.53. The van der Waals surface area contributed by atoms with Gasteiger partial charge in [0.1, 0.15) is 0 Å². The molecule has 0 saturated carbocycles. The molecule has 0 amide bonds. The van der Waals surface area contributed by atoms with Crippen LogP contribution in [0, 0.1) is 5.41 Å². The quantitative estimate of drug-likeness (QED) is 0.343. The number of ether oxygens (including phenoxy) is 1. The summed E-state index contributed by atoms with van der Waals surface area (Å²) < 4.78 is 4.73. The highest BCUT2D eigenvalue weighted by Crippen LogP contribution is 2.32. The molecular formula is C14H22N2O5.